The lowest BCUT2D eigenvalue weighted by Gasteiger charge is -2.34. The maximum absolute atomic E-state index is 12.3. The van der Waals surface area contributed by atoms with E-state index in [4.69, 9.17) is 21.3 Å². The van der Waals surface area contributed by atoms with Crippen LogP contribution in [0.3, 0.4) is 0 Å². The fraction of sp³-hybridized carbons (Fsp3) is 0.529. The smallest absolute Gasteiger partial charge is 0.331 e. The Kier molecular flexibility index (Phi) is 5.74. The molecule has 1 aromatic carbocycles. The van der Waals surface area contributed by atoms with Crippen LogP contribution in [-0.2, 0) is 16.0 Å². The number of carboxylic acids is 1. The van der Waals surface area contributed by atoms with Crippen molar-refractivity contribution in [3.8, 4) is 5.75 Å². The molecule has 6 nitrogen and oxygen atoms in total. The first-order chi connectivity index (χ1) is 10.9. The van der Waals surface area contributed by atoms with Crippen LogP contribution in [-0.4, -0.2) is 29.1 Å². The molecule has 0 amide bonds. The Morgan fingerprint density at radius 2 is 1.83 bits per heavy atom. The van der Waals surface area contributed by atoms with Gasteiger partial charge in [-0.1, -0.05) is 12.1 Å². The van der Waals surface area contributed by atoms with E-state index < -0.39 is 17.5 Å². The van der Waals surface area contributed by atoms with E-state index in [1.54, 1.807) is 24.3 Å². The summed E-state index contributed by atoms with van der Waals surface area (Å²) < 4.78 is 5.39. The molecule has 0 unspecified atom stereocenters. The van der Waals surface area contributed by atoms with Crippen LogP contribution in [0.25, 0.3) is 0 Å². The number of esters is 1. The minimum atomic E-state index is -0.937. The van der Waals surface area contributed by atoms with Crippen LogP contribution in [0, 0.1) is 5.92 Å². The third-order valence-corrected chi connectivity index (χ3v) is 4.50. The van der Waals surface area contributed by atoms with E-state index in [2.05, 4.69) is 0 Å². The zero-order valence-corrected chi connectivity index (χ0v) is 13.2. The molecule has 0 aromatic heterocycles. The number of hydrogen-bond acceptors (Lipinski definition) is 5. The normalized spacial score (nSPS) is 24.2. The van der Waals surface area contributed by atoms with Gasteiger partial charge in [-0.15, -0.1) is 0 Å². The van der Waals surface area contributed by atoms with Crippen molar-refractivity contribution >= 4 is 11.9 Å². The van der Waals surface area contributed by atoms with Gasteiger partial charge in [0.15, 0.2) is 0 Å². The third kappa shape index (κ3) is 4.77. The number of carbonyl (C=O) groups excluding carboxylic acids is 1. The lowest BCUT2D eigenvalue weighted by molar-refractivity contribution is -0.142. The minimum absolute atomic E-state index is 0.0767. The van der Waals surface area contributed by atoms with Crippen molar-refractivity contribution in [2.24, 2.45) is 17.4 Å². The number of aliphatic carboxylic acids is 1. The zero-order chi connectivity index (χ0) is 16.9. The summed E-state index contributed by atoms with van der Waals surface area (Å²) in [5.74, 6) is -0.377. The molecule has 23 heavy (non-hydrogen) atoms. The summed E-state index contributed by atoms with van der Waals surface area (Å²) >= 11 is 0. The predicted octanol–water partition coefficient (Wildman–Crippen LogP) is 1.46. The van der Waals surface area contributed by atoms with Crippen molar-refractivity contribution in [2.45, 2.75) is 44.1 Å². The lowest BCUT2D eigenvalue weighted by Crippen LogP contribution is -2.53. The van der Waals surface area contributed by atoms with Gasteiger partial charge in [0.05, 0.1) is 0 Å². The molecule has 6 heteroatoms. The van der Waals surface area contributed by atoms with E-state index in [0.717, 1.165) is 18.4 Å². The van der Waals surface area contributed by atoms with Gasteiger partial charge in [-0.05, 0) is 62.3 Å². The molecule has 1 aliphatic rings. The number of carboxylic acid groups (broad SMARTS) is 1. The van der Waals surface area contributed by atoms with E-state index in [1.165, 1.54) is 0 Å². The summed E-state index contributed by atoms with van der Waals surface area (Å²) in [5, 5.41) is 8.67. The van der Waals surface area contributed by atoms with Crippen LogP contribution in [0.15, 0.2) is 24.3 Å². The first-order valence-corrected chi connectivity index (χ1v) is 7.95. The van der Waals surface area contributed by atoms with Gasteiger partial charge in [-0.3, -0.25) is 4.79 Å². The molecule has 0 saturated heterocycles. The van der Waals surface area contributed by atoms with Crippen LogP contribution >= 0.6 is 0 Å². The highest BCUT2D eigenvalue weighted by Crippen LogP contribution is 2.31. The molecule has 1 aliphatic carbocycles. The summed E-state index contributed by atoms with van der Waals surface area (Å²) in [6.45, 7) is 0.628. The average molecular weight is 320 g/mol. The highest BCUT2D eigenvalue weighted by atomic mass is 16.5. The minimum Gasteiger partial charge on any atom is -0.481 e. The van der Waals surface area contributed by atoms with Crippen molar-refractivity contribution in [1.29, 1.82) is 0 Å². The standard InChI is InChI=1S/C17H24N2O4/c18-11-13-7-9-17(19,10-8-13)16(22)23-14-4-1-12(2-5-14)3-6-15(20)21/h1-2,4-5,13H,3,6-11,18-19H2,(H,20,21). The molecule has 0 heterocycles. The quantitative estimate of drug-likeness (QED) is 0.540. The maximum atomic E-state index is 12.3. The van der Waals surface area contributed by atoms with E-state index in [0.29, 0.717) is 37.5 Å². The van der Waals surface area contributed by atoms with Crippen LogP contribution in [0.2, 0.25) is 0 Å². The monoisotopic (exact) mass is 320 g/mol. The SMILES string of the molecule is NCC1CCC(N)(C(=O)Oc2ccc(CCC(=O)O)cc2)CC1. The van der Waals surface area contributed by atoms with Crippen molar-refractivity contribution in [3.05, 3.63) is 29.8 Å². The number of carbonyl (C=O) groups is 2. The predicted molar refractivity (Wildman–Crippen MR) is 86.0 cm³/mol. The first-order valence-electron chi connectivity index (χ1n) is 7.95. The number of hydrogen-bond donors (Lipinski definition) is 3. The summed E-state index contributed by atoms with van der Waals surface area (Å²) in [6, 6.07) is 6.87. The van der Waals surface area contributed by atoms with Gasteiger partial charge in [0, 0.05) is 6.42 Å². The summed E-state index contributed by atoms with van der Waals surface area (Å²) in [4.78, 5) is 22.9. The van der Waals surface area contributed by atoms with Gasteiger partial charge in [0.1, 0.15) is 11.3 Å². The van der Waals surface area contributed by atoms with Gasteiger partial charge >= 0.3 is 11.9 Å². The molecule has 0 radical (unpaired) electrons. The number of nitrogens with two attached hydrogens (primary N) is 2. The summed E-state index contributed by atoms with van der Waals surface area (Å²) in [7, 11) is 0. The zero-order valence-electron chi connectivity index (χ0n) is 13.2. The van der Waals surface area contributed by atoms with Crippen LogP contribution in [0.4, 0.5) is 0 Å². The topological polar surface area (TPSA) is 116 Å². The summed E-state index contributed by atoms with van der Waals surface area (Å²) in [6.07, 6.45) is 3.39. The largest absolute Gasteiger partial charge is 0.481 e. The van der Waals surface area contributed by atoms with Crippen molar-refractivity contribution in [3.63, 3.8) is 0 Å². The Morgan fingerprint density at radius 1 is 1.22 bits per heavy atom. The molecule has 1 aromatic rings. The second-order valence-electron chi connectivity index (χ2n) is 6.26. The highest BCUT2D eigenvalue weighted by Gasteiger charge is 2.39. The fourth-order valence-corrected chi connectivity index (χ4v) is 2.82. The van der Waals surface area contributed by atoms with Crippen LogP contribution in [0.1, 0.15) is 37.7 Å². The van der Waals surface area contributed by atoms with E-state index in [1.807, 2.05) is 0 Å². The number of benzene rings is 1. The maximum Gasteiger partial charge on any atom is 0.331 e. The Bertz CT molecular complexity index is 548. The highest BCUT2D eigenvalue weighted by molar-refractivity contribution is 5.82. The number of ether oxygens (including phenoxy) is 1. The van der Waals surface area contributed by atoms with E-state index in [-0.39, 0.29) is 6.42 Å². The van der Waals surface area contributed by atoms with Gasteiger partial charge in [0.25, 0.3) is 0 Å². The van der Waals surface area contributed by atoms with E-state index in [9.17, 15) is 9.59 Å². The van der Waals surface area contributed by atoms with Gasteiger partial charge in [0.2, 0.25) is 0 Å². The molecular formula is C17H24N2O4. The van der Waals surface area contributed by atoms with Crippen molar-refractivity contribution in [2.75, 3.05) is 6.54 Å². The molecule has 0 spiro atoms. The lowest BCUT2D eigenvalue weighted by atomic mass is 9.77. The van der Waals surface area contributed by atoms with Crippen LogP contribution < -0.4 is 16.2 Å². The Balaban J connectivity index is 1.91. The van der Waals surface area contributed by atoms with E-state index >= 15 is 0 Å². The molecule has 0 aliphatic heterocycles. The Morgan fingerprint density at radius 3 is 2.35 bits per heavy atom. The molecule has 126 valence electrons. The molecular weight excluding hydrogens is 296 g/mol. The molecule has 1 fully saturated rings. The van der Waals surface area contributed by atoms with Gasteiger partial charge in [-0.25, -0.2) is 4.79 Å². The number of rotatable bonds is 6. The molecule has 2 rings (SSSR count). The molecule has 0 atom stereocenters. The van der Waals surface area contributed by atoms with Crippen molar-refractivity contribution in [1.82, 2.24) is 0 Å². The van der Waals surface area contributed by atoms with Crippen LogP contribution in [0.5, 0.6) is 5.75 Å². The molecule has 5 N–H and O–H groups in total. The third-order valence-electron chi connectivity index (χ3n) is 4.50. The fourth-order valence-electron chi connectivity index (χ4n) is 2.82. The Labute approximate surface area is 135 Å². The first kappa shape index (κ1) is 17.4. The Hall–Kier alpha value is -1.92. The second-order valence-corrected chi connectivity index (χ2v) is 6.26. The number of aryl methyl sites for hydroxylation is 1. The van der Waals surface area contributed by atoms with Crippen molar-refractivity contribution < 1.29 is 19.4 Å². The molecule has 0 bridgehead atoms. The summed E-state index contributed by atoms with van der Waals surface area (Å²) in [5.41, 5.74) is 11.8. The van der Waals surface area contributed by atoms with Gasteiger partial charge < -0.3 is 21.3 Å². The molecule has 1 saturated carbocycles. The average Bonchev–Trinajstić information content (AvgIpc) is 2.55. The van der Waals surface area contributed by atoms with Gasteiger partial charge in [-0.2, -0.15) is 0 Å². The second kappa shape index (κ2) is 7.57.